The maximum atomic E-state index is 13.4. The Labute approximate surface area is 136 Å². The van der Waals surface area contributed by atoms with Gasteiger partial charge in [0.25, 0.3) is 17.8 Å². The summed E-state index contributed by atoms with van der Waals surface area (Å²) in [6, 6.07) is 3.91. The van der Waals surface area contributed by atoms with Gasteiger partial charge in [-0.1, -0.05) is 12.1 Å². The van der Waals surface area contributed by atoms with E-state index >= 15 is 0 Å². The number of nitrogens with zero attached hydrogens (tertiary/aromatic N) is 1. The number of carbonyl (C=O) groups is 1. The van der Waals surface area contributed by atoms with Crippen LogP contribution in [-0.2, 0) is 12.6 Å². The van der Waals surface area contributed by atoms with E-state index in [9.17, 15) is 35.5 Å². The highest BCUT2D eigenvalue weighted by Gasteiger charge is 2.34. The predicted octanol–water partition coefficient (Wildman–Crippen LogP) is 3.63. The topological polar surface area (TPSA) is 42.0 Å². The van der Waals surface area contributed by atoms with Gasteiger partial charge in [0.15, 0.2) is 11.6 Å². The third-order valence-electron chi connectivity index (χ3n) is 3.23. The summed E-state index contributed by atoms with van der Waals surface area (Å²) in [5.41, 5.74) is -2.89. The molecule has 1 aromatic carbocycles. The van der Waals surface area contributed by atoms with E-state index in [1.54, 1.807) is 0 Å². The quantitative estimate of drug-likeness (QED) is 0.663. The van der Waals surface area contributed by atoms with E-state index in [2.05, 4.69) is 4.98 Å². The molecule has 0 fully saturated rings. The fraction of sp³-hybridized carbons (Fsp3) is 0.200. The lowest BCUT2D eigenvalue weighted by molar-refractivity contribution is -0.137. The molecule has 10 heteroatoms. The van der Waals surface area contributed by atoms with Crippen molar-refractivity contribution in [3.05, 3.63) is 64.5 Å². The summed E-state index contributed by atoms with van der Waals surface area (Å²) in [5, 5.41) is 2.02. The fourth-order valence-corrected chi connectivity index (χ4v) is 2.07. The first-order valence-corrected chi connectivity index (χ1v) is 6.76. The average molecular weight is 366 g/mol. The van der Waals surface area contributed by atoms with Crippen LogP contribution in [0.15, 0.2) is 24.3 Å². The molecule has 0 spiro atoms. The van der Waals surface area contributed by atoms with Crippen LogP contribution < -0.4 is 5.32 Å². The van der Waals surface area contributed by atoms with Crippen molar-refractivity contribution in [3.63, 3.8) is 0 Å². The number of alkyl halides is 3. The zero-order valence-electron chi connectivity index (χ0n) is 12.2. The summed E-state index contributed by atoms with van der Waals surface area (Å²) in [6.07, 6.45) is -5.46. The first-order valence-electron chi connectivity index (χ1n) is 6.76. The van der Waals surface area contributed by atoms with Crippen LogP contribution in [-0.4, -0.2) is 17.4 Å². The second-order valence-electron chi connectivity index (χ2n) is 4.85. The average Bonchev–Trinajstić information content (AvgIpc) is 2.55. The van der Waals surface area contributed by atoms with Crippen molar-refractivity contribution in [2.24, 2.45) is 0 Å². The number of hydrogen-bond acceptors (Lipinski definition) is 2. The Balaban J connectivity index is 2.13. The zero-order valence-corrected chi connectivity index (χ0v) is 12.2. The van der Waals surface area contributed by atoms with Crippen molar-refractivity contribution in [2.45, 2.75) is 12.6 Å². The fourth-order valence-electron chi connectivity index (χ4n) is 2.07. The number of hydrogen-bond donors (Lipinski definition) is 1. The molecule has 0 atom stereocenters. The van der Waals surface area contributed by atoms with Crippen LogP contribution in [0.4, 0.5) is 30.7 Å². The van der Waals surface area contributed by atoms with E-state index in [4.69, 9.17) is 0 Å². The molecule has 1 aromatic heterocycles. The highest BCUT2D eigenvalue weighted by molar-refractivity contribution is 5.95. The van der Waals surface area contributed by atoms with Gasteiger partial charge in [-0.15, -0.1) is 0 Å². The molecule has 134 valence electrons. The number of amides is 1. The molecule has 1 amide bonds. The first kappa shape index (κ1) is 18.7. The zero-order chi connectivity index (χ0) is 18.8. The summed E-state index contributed by atoms with van der Waals surface area (Å²) < 4.78 is 91.2. The smallest absolute Gasteiger partial charge is 0.352 e. The largest absolute Gasteiger partial charge is 0.417 e. The lowest BCUT2D eigenvalue weighted by atomic mass is 10.1. The first-order chi connectivity index (χ1) is 11.6. The molecule has 1 N–H and O–H groups in total. The molecule has 2 rings (SSSR count). The number of halogens is 7. The second kappa shape index (κ2) is 7.08. The van der Waals surface area contributed by atoms with Crippen LogP contribution in [0.25, 0.3) is 0 Å². The van der Waals surface area contributed by atoms with Gasteiger partial charge in [-0.3, -0.25) is 4.79 Å². The number of rotatable bonds is 4. The minimum Gasteiger partial charge on any atom is -0.352 e. The van der Waals surface area contributed by atoms with Gasteiger partial charge in [-0.2, -0.15) is 26.9 Å². The normalized spacial score (nSPS) is 11.5. The van der Waals surface area contributed by atoms with Crippen molar-refractivity contribution in [2.75, 3.05) is 6.54 Å². The molecular weight excluding hydrogens is 357 g/mol. The van der Waals surface area contributed by atoms with Crippen molar-refractivity contribution < 1.29 is 35.5 Å². The van der Waals surface area contributed by atoms with Crippen LogP contribution >= 0.6 is 0 Å². The highest BCUT2D eigenvalue weighted by atomic mass is 19.4. The number of carbonyl (C=O) groups excluding carboxylic acids is 1. The van der Waals surface area contributed by atoms with Crippen molar-refractivity contribution in [1.82, 2.24) is 10.3 Å². The molecule has 0 aliphatic carbocycles. The van der Waals surface area contributed by atoms with Crippen molar-refractivity contribution >= 4 is 5.91 Å². The maximum absolute atomic E-state index is 13.4. The molecule has 3 nitrogen and oxygen atoms in total. The van der Waals surface area contributed by atoms with E-state index in [1.165, 1.54) is 6.07 Å². The summed E-state index contributed by atoms with van der Waals surface area (Å²) in [7, 11) is 0. The van der Waals surface area contributed by atoms with E-state index in [0.717, 1.165) is 12.1 Å². The Morgan fingerprint density at radius 1 is 1.00 bits per heavy atom. The maximum Gasteiger partial charge on any atom is 0.417 e. The van der Waals surface area contributed by atoms with Crippen molar-refractivity contribution in [3.8, 4) is 0 Å². The summed E-state index contributed by atoms with van der Waals surface area (Å²) in [6.45, 7) is -0.554. The predicted molar refractivity (Wildman–Crippen MR) is 71.6 cm³/mol. The molecule has 25 heavy (non-hydrogen) atoms. The van der Waals surface area contributed by atoms with Gasteiger partial charge in [-0.05, 0) is 18.6 Å². The third kappa shape index (κ3) is 4.06. The summed E-state index contributed by atoms with van der Waals surface area (Å²) >= 11 is 0. The van der Waals surface area contributed by atoms with E-state index in [-0.39, 0.29) is 0 Å². The Morgan fingerprint density at radius 2 is 1.56 bits per heavy atom. The third-order valence-corrected chi connectivity index (χ3v) is 3.23. The minimum atomic E-state index is -4.77. The molecule has 0 aliphatic rings. The minimum absolute atomic E-state index is 0.554. The van der Waals surface area contributed by atoms with Gasteiger partial charge in [-0.25, -0.2) is 8.78 Å². The van der Waals surface area contributed by atoms with Gasteiger partial charge < -0.3 is 5.32 Å². The SMILES string of the molecule is O=C(NCCc1c(F)c(F)nc(F)c1F)c1ccccc1C(F)(F)F. The van der Waals surface area contributed by atoms with Gasteiger partial charge in [0.05, 0.1) is 11.1 Å². The molecular formula is C15H9F7N2O. The number of pyridine rings is 1. The Hall–Kier alpha value is -2.65. The van der Waals surface area contributed by atoms with E-state index in [1.807, 2.05) is 5.32 Å². The van der Waals surface area contributed by atoms with Crippen LogP contribution in [0, 0.1) is 23.5 Å². The number of aromatic nitrogens is 1. The van der Waals surface area contributed by atoms with Gasteiger partial charge in [0.2, 0.25) is 0 Å². The molecule has 0 unspecified atom stereocenters. The lowest BCUT2D eigenvalue weighted by Gasteiger charge is -2.13. The Morgan fingerprint density at radius 3 is 2.12 bits per heavy atom. The molecule has 0 bridgehead atoms. The molecule has 0 radical (unpaired) electrons. The second-order valence-corrected chi connectivity index (χ2v) is 4.85. The molecule has 1 heterocycles. The number of benzene rings is 1. The van der Waals surface area contributed by atoms with Crippen molar-refractivity contribution in [1.29, 1.82) is 0 Å². The van der Waals surface area contributed by atoms with Gasteiger partial charge >= 0.3 is 6.18 Å². The van der Waals surface area contributed by atoms with Gasteiger partial charge in [0.1, 0.15) is 0 Å². The lowest BCUT2D eigenvalue weighted by Crippen LogP contribution is -2.28. The Bertz CT molecular complexity index is 779. The van der Waals surface area contributed by atoms with E-state index < -0.39 is 65.3 Å². The molecule has 0 saturated carbocycles. The summed E-state index contributed by atoms with van der Waals surface area (Å²) in [5.74, 6) is -8.33. The van der Waals surface area contributed by atoms with E-state index in [0.29, 0.717) is 6.07 Å². The molecule has 0 saturated heterocycles. The highest BCUT2D eigenvalue weighted by Crippen LogP contribution is 2.31. The van der Waals surface area contributed by atoms with Crippen LogP contribution in [0.1, 0.15) is 21.5 Å². The van der Waals surface area contributed by atoms with Gasteiger partial charge in [0, 0.05) is 12.1 Å². The van der Waals surface area contributed by atoms with Crippen LogP contribution in [0.2, 0.25) is 0 Å². The molecule has 0 aliphatic heterocycles. The monoisotopic (exact) mass is 366 g/mol. The standard InChI is InChI=1S/C15H9F7N2O/c16-10-8(11(17)13(19)24-12(10)18)5-6-23-14(25)7-3-1-2-4-9(7)15(20,21)22/h1-4H,5-6H2,(H,23,25). The molecule has 2 aromatic rings. The number of nitrogens with one attached hydrogen (secondary N) is 1. The Kier molecular flexibility index (Phi) is 5.29. The summed E-state index contributed by atoms with van der Waals surface area (Å²) in [4.78, 5) is 14.2. The van der Waals surface area contributed by atoms with Crippen LogP contribution in [0.5, 0.6) is 0 Å². The van der Waals surface area contributed by atoms with Crippen LogP contribution in [0.3, 0.4) is 0 Å².